The van der Waals surface area contributed by atoms with Gasteiger partial charge in [-0.3, -0.25) is 9.10 Å². The number of carbonyl (C=O) groups excluding carboxylic acids is 1. The van der Waals surface area contributed by atoms with Crippen LogP contribution >= 0.6 is 0 Å². The molecule has 172 valence electrons. The van der Waals surface area contributed by atoms with Gasteiger partial charge in [-0.05, 0) is 85.2 Å². The molecule has 6 heteroatoms. The highest BCUT2D eigenvalue weighted by atomic mass is 32.2. The summed E-state index contributed by atoms with van der Waals surface area (Å²) in [6.45, 7) is 4.18. The van der Waals surface area contributed by atoms with E-state index in [-0.39, 0.29) is 18.5 Å². The van der Waals surface area contributed by atoms with Crippen LogP contribution in [0.5, 0.6) is 0 Å². The van der Waals surface area contributed by atoms with Crippen LogP contribution < -0.4 is 9.62 Å². The first-order chi connectivity index (χ1) is 15.7. The molecule has 0 radical (unpaired) electrons. The molecule has 3 aromatic carbocycles. The molecule has 4 rings (SSSR count). The first-order valence-electron chi connectivity index (χ1n) is 11.2. The molecule has 0 spiro atoms. The van der Waals surface area contributed by atoms with E-state index < -0.39 is 10.0 Å². The summed E-state index contributed by atoms with van der Waals surface area (Å²) in [6, 6.07) is 21.1. The van der Waals surface area contributed by atoms with Gasteiger partial charge in [-0.2, -0.15) is 0 Å². The highest BCUT2D eigenvalue weighted by Crippen LogP contribution is 2.30. The molecule has 3 aromatic rings. The standard InChI is InChI=1S/C27H30N2O3S/c1-19-11-16-24(17-20(19)2)29(33(3,31)32)18-21-12-14-23(15-13-21)27(30)28-26-10-6-8-22-7-4-5-9-25(22)26/h4-5,7,9,11-17,26H,6,8,10,18H2,1-3H3,(H,28,30). The smallest absolute Gasteiger partial charge is 0.251 e. The van der Waals surface area contributed by atoms with E-state index in [0.717, 1.165) is 36.0 Å². The minimum atomic E-state index is -3.47. The molecule has 0 heterocycles. The molecule has 0 bridgehead atoms. The number of hydrogen-bond acceptors (Lipinski definition) is 3. The van der Waals surface area contributed by atoms with Gasteiger partial charge in [-0.15, -0.1) is 0 Å². The molecular weight excluding hydrogens is 432 g/mol. The molecule has 1 N–H and O–H groups in total. The maximum atomic E-state index is 12.9. The first kappa shape index (κ1) is 23.1. The lowest BCUT2D eigenvalue weighted by Gasteiger charge is -2.26. The third-order valence-corrected chi connectivity index (χ3v) is 7.54. The van der Waals surface area contributed by atoms with E-state index in [9.17, 15) is 13.2 Å². The van der Waals surface area contributed by atoms with E-state index >= 15 is 0 Å². The Balaban J connectivity index is 1.49. The quantitative estimate of drug-likeness (QED) is 0.556. The number of aryl methyl sites for hydroxylation is 3. The van der Waals surface area contributed by atoms with Crippen molar-refractivity contribution < 1.29 is 13.2 Å². The molecule has 1 atom stereocenters. The van der Waals surface area contributed by atoms with Crippen LogP contribution in [0.15, 0.2) is 66.7 Å². The number of rotatable bonds is 6. The van der Waals surface area contributed by atoms with Crippen molar-refractivity contribution in [2.24, 2.45) is 0 Å². The van der Waals surface area contributed by atoms with E-state index in [1.54, 1.807) is 12.1 Å². The molecule has 0 aromatic heterocycles. The van der Waals surface area contributed by atoms with Crippen molar-refractivity contribution in [3.63, 3.8) is 0 Å². The Morgan fingerprint density at radius 3 is 2.42 bits per heavy atom. The van der Waals surface area contributed by atoms with Crippen LogP contribution in [0.25, 0.3) is 0 Å². The fraction of sp³-hybridized carbons (Fsp3) is 0.296. The van der Waals surface area contributed by atoms with Gasteiger partial charge in [-0.1, -0.05) is 42.5 Å². The third-order valence-electron chi connectivity index (χ3n) is 6.40. The SMILES string of the molecule is Cc1ccc(N(Cc2ccc(C(=O)NC3CCCc4ccccc43)cc2)S(C)(=O)=O)cc1C. The lowest BCUT2D eigenvalue weighted by Crippen LogP contribution is -2.31. The van der Waals surface area contributed by atoms with Crippen LogP contribution in [0.4, 0.5) is 5.69 Å². The number of benzene rings is 3. The van der Waals surface area contributed by atoms with Crippen molar-refractivity contribution in [2.75, 3.05) is 10.6 Å². The Labute approximate surface area is 196 Å². The molecular formula is C27H30N2O3S. The van der Waals surface area contributed by atoms with E-state index in [2.05, 4.69) is 17.4 Å². The van der Waals surface area contributed by atoms with Crippen LogP contribution in [-0.2, 0) is 23.0 Å². The van der Waals surface area contributed by atoms with Gasteiger partial charge in [0, 0.05) is 5.56 Å². The molecule has 1 unspecified atom stereocenters. The molecule has 1 amide bonds. The number of anilines is 1. The Morgan fingerprint density at radius 2 is 1.73 bits per heavy atom. The minimum Gasteiger partial charge on any atom is -0.345 e. The summed E-state index contributed by atoms with van der Waals surface area (Å²) in [4.78, 5) is 12.9. The predicted molar refractivity (Wildman–Crippen MR) is 133 cm³/mol. The first-order valence-corrected chi connectivity index (χ1v) is 13.1. The number of nitrogens with one attached hydrogen (secondary N) is 1. The van der Waals surface area contributed by atoms with E-state index in [4.69, 9.17) is 0 Å². The zero-order valence-corrected chi connectivity index (χ0v) is 20.2. The lowest BCUT2D eigenvalue weighted by molar-refractivity contribution is 0.0932. The number of nitrogens with zero attached hydrogens (tertiary/aromatic N) is 1. The summed E-state index contributed by atoms with van der Waals surface area (Å²) in [5.74, 6) is -0.114. The molecule has 33 heavy (non-hydrogen) atoms. The van der Waals surface area contributed by atoms with E-state index in [0.29, 0.717) is 11.3 Å². The molecule has 0 aliphatic heterocycles. The van der Waals surface area contributed by atoms with Gasteiger partial charge in [0.25, 0.3) is 5.91 Å². The van der Waals surface area contributed by atoms with Gasteiger partial charge in [0.05, 0.1) is 24.5 Å². The number of hydrogen-bond donors (Lipinski definition) is 1. The monoisotopic (exact) mass is 462 g/mol. The Kier molecular flexibility index (Phi) is 6.56. The second kappa shape index (κ2) is 9.40. The van der Waals surface area contributed by atoms with Crippen LogP contribution in [-0.4, -0.2) is 20.6 Å². The second-order valence-electron chi connectivity index (χ2n) is 8.85. The zero-order valence-electron chi connectivity index (χ0n) is 19.3. The number of sulfonamides is 1. The average molecular weight is 463 g/mol. The zero-order chi connectivity index (χ0) is 23.6. The molecule has 0 fully saturated rings. The van der Waals surface area contributed by atoms with Gasteiger partial charge < -0.3 is 5.32 Å². The van der Waals surface area contributed by atoms with Gasteiger partial charge in [-0.25, -0.2) is 8.42 Å². The Hall–Kier alpha value is -3.12. The van der Waals surface area contributed by atoms with Gasteiger partial charge in [0.15, 0.2) is 0 Å². The number of amides is 1. The summed E-state index contributed by atoms with van der Waals surface area (Å²) in [5, 5.41) is 3.17. The number of carbonyl (C=O) groups is 1. The highest BCUT2D eigenvalue weighted by molar-refractivity contribution is 7.92. The fourth-order valence-electron chi connectivity index (χ4n) is 4.35. The number of fused-ring (bicyclic) bond motifs is 1. The average Bonchev–Trinajstić information content (AvgIpc) is 2.79. The molecule has 1 aliphatic carbocycles. The summed E-state index contributed by atoms with van der Waals surface area (Å²) in [7, 11) is -3.47. The molecule has 0 saturated heterocycles. The van der Waals surface area contributed by atoms with Gasteiger partial charge in [0.2, 0.25) is 10.0 Å². The lowest BCUT2D eigenvalue weighted by atomic mass is 9.87. The maximum Gasteiger partial charge on any atom is 0.251 e. The Bertz CT molecular complexity index is 1270. The second-order valence-corrected chi connectivity index (χ2v) is 10.8. The van der Waals surface area contributed by atoms with Crippen LogP contribution in [0.3, 0.4) is 0 Å². The van der Waals surface area contributed by atoms with E-state index in [1.807, 2.05) is 56.3 Å². The summed E-state index contributed by atoms with van der Waals surface area (Å²) in [6.07, 6.45) is 4.25. The topological polar surface area (TPSA) is 66.5 Å². The van der Waals surface area contributed by atoms with Gasteiger partial charge >= 0.3 is 0 Å². The summed E-state index contributed by atoms with van der Waals surface area (Å²) < 4.78 is 26.4. The normalized spacial score (nSPS) is 15.5. The summed E-state index contributed by atoms with van der Waals surface area (Å²) in [5.41, 5.74) is 6.68. The van der Waals surface area contributed by atoms with Crippen molar-refractivity contribution in [2.45, 2.75) is 45.7 Å². The van der Waals surface area contributed by atoms with Crippen molar-refractivity contribution >= 4 is 21.6 Å². The van der Waals surface area contributed by atoms with E-state index in [1.165, 1.54) is 21.7 Å². The minimum absolute atomic E-state index is 0.0210. The van der Waals surface area contributed by atoms with Crippen LogP contribution in [0.2, 0.25) is 0 Å². The van der Waals surface area contributed by atoms with Crippen LogP contribution in [0, 0.1) is 13.8 Å². The molecule has 1 aliphatic rings. The van der Waals surface area contributed by atoms with Crippen molar-refractivity contribution in [3.05, 3.63) is 100 Å². The predicted octanol–water partition coefficient (Wildman–Crippen LogP) is 5.08. The summed E-state index contributed by atoms with van der Waals surface area (Å²) >= 11 is 0. The van der Waals surface area contributed by atoms with Gasteiger partial charge in [0.1, 0.15) is 0 Å². The fourth-order valence-corrected chi connectivity index (χ4v) is 5.23. The van der Waals surface area contributed by atoms with Crippen molar-refractivity contribution in [3.8, 4) is 0 Å². The molecule has 0 saturated carbocycles. The Morgan fingerprint density at radius 1 is 1.00 bits per heavy atom. The van der Waals surface area contributed by atoms with Crippen molar-refractivity contribution in [1.82, 2.24) is 5.32 Å². The largest absolute Gasteiger partial charge is 0.345 e. The molecule has 5 nitrogen and oxygen atoms in total. The maximum absolute atomic E-state index is 12.9. The van der Waals surface area contributed by atoms with Crippen molar-refractivity contribution in [1.29, 1.82) is 0 Å². The van der Waals surface area contributed by atoms with Crippen LogP contribution in [0.1, 0.15) is 57.1 Å². The highest BCUT2D eigenvalue weighted by Gasteiger charge is 2.22. The third kappa shape index (κ3) is 5.28.